The average Bonchev–Trinajstić information content (AvgIpc) is 2.94. The van der Waals surface area contributed by atoms with E-state index < -0.39 is 11.8 Å². The number of amides is 1. The monoisotopic (exact) mass is 381 g/mol. The minimum absolute atomic E-state index is 0.186. The number of carbonyl (C=O) groups is 2. The maximum Gasteiger partial charge on any atom is 0.340 e. The second-order valence-electron chi connectivity index (χ2n) is 6.13. The topological polar surface area (TPSA) is 55.8 Å². The van der Waals surface area contributed by atoms with E-state index in [9.17, 15) is 14.0 Å². The van der Waals surface area contributed by atoms with Crippen molar-refractivity contribution in [2.24, 2.45) is 0 Å². The van der Waals surface area contributed by atoms with Crippen molar-refractivity contribution in [1.29, 1.82) is 0 Å². The molecule has 0 spiro atoms. The SMILES string of the molecule is CCOc1ccc(/C=C2\C(=O)N(c3ccc(F)cc3)C(C)=C2C(=O)OC)cc1. The number of ether oxygens (including phenoxy) is 2. The minimum Gasteiger partial charge on any atom is -0.494 e. The molecule has 0 aliphatic carbocycles. The Labute approximate surface area is 162 Å². The van der Waals surface area contributed by atoms with Gasteiger partial charge in [-0.05, 0) is 61.9 Å². The fourth-order valence-electron chi connectivity index (χ4n) is 3.07. The molecule has 144 valence electrons. The smallest absolute Gasteiger partial charge is 0.340 e. The molecule has 2 aromatic carbocycles. The third kappa shape index (κ3) is 3.67. The lowest BCUT2D eigenvalue weighted by atomic mass is 10.0. The van der Waals surface area contributed by atoms with Crippen LogP contribution >= 0.6 is 0 Å². The maximum absolute atomic E-state index is 13.3. The highest BCUT2D eigenvalue weighted by Crippen LogP contribution is 2.35. The second kappa shape index (κ2) is 8.08. The summed E-state index contributed by atoms with van der Waals surface area (Å²) in [7, 11) is 1.27. The number of methoxy groups -OCH3 is 1. The molecule has 0 radical (unpaired) electrons. The Morgan fingerprint density at radius 1 is 1.11 bits per heavy atom. The van der Waals surface area contributed by atoms with Gasteiger partial charge < -0.3 is 9.47 Å². The molecule has 5 nitrogen and oxygen atoms in total. The van der Waals surface area contributed by atoms with Crippen LogP contribution in [0.3, 0.4) is 0 Å². The number of esters is 1. The Morgan fingerprint density at radius 3 is 2.32 bits per heavy atom. The summed E-state index contributed by atoms with van der Waals surface area (Å²) in [6, 6.07) is 12.7. The van der Waals surface area contributed by atoms with Crippen LogP contribution in [-0.2, 0) is 14.3 Å². The second-order valence-corrected chi connectivity index (χ2v) is 6.13. The Hall–Kier alpha value is -3.41. The zero-order valence-electron chi connectivity index (χ0n) is 15.9. The molecule has 1 heterocycles. The first-order valence-corrected chi connectivity index (χ1v) is 8.80. The van der Waals surface area contributed by atoms with Crippen molar-refractivity contribution in [2.45, 2.75) is 13.8 Å². The highest BCUT2D eigenvalue weighted by Gasteiger charge is 2.37. The number of anilines is 1. The standard InChI is InChI=1S/C22H20FNO4/c1-4-28-18-11-5-15(6-12-18)13-19-20(22(26)27-3)14(2)24(21(19)25)17-9-7-16(23)8-10-17/h5-13H,4H2,1-3H3/b19-13-. The molecule has 1 aliphatic heterocycles. The van der Waals surface area contributed by atoms with Gasteiger partial charge in [-0.1, -0.05) is 12.1 Å². The van der Waals surface area contributed by atoms with Crippen LogP contribution in [0.15, 0.2) is 65.4 Å². The van der Waals surface area contributed by atoms with E-state index >= 15 is 0 Å². The quantitative estimate of drug-likeness (QED) is 0.578. The van der Waals surface area contributed by atoms with E-state index in [0.29, 0.717) is 18.0 Å². The summed E-state index contributed by atoms with van der Waals surface area (Å²) in [4.78, 5) is 26.8. The van der Waals surface area contributed by atoms with Gasteiger partial charge in [0.2, 0.25) is 0 Å². The molecule has 28 heavy (non-hydrogen) atoms. The van der Waals surface area contributed by atoms with Crippen LogP contribution in [0.2, 0.25) is 0 Å². The molecule has 0 unspecified atom stereocenters. The van der Waals surface area contributed by atoms with Crippen molar-refractivity contribution in [3.05, 3.63) is 76.8 Å². The zero-order chi connectivity index (χ0) is 20.3. The molecule has 3 rings (SSSR count). The van der Waals surface area contributed by atoms with E-state index in [0.717, 1.165) is 11.3 Å². The first-order chi connectivity index (χ1) is 13.5. The molecule has 0 atom stereocenters. The van der Waals surface area contributed by atoms with Crippen molar-refractivity contribution in [2.75, 3.05) is 18.6 Å². The van der Waals surface area contributed by atoms with Gasteiger partial charge in [0.25, 0.3) is 5.91 Å². The highest BCUT2D eigenvalue weighted by atomic mass is 19.1. The molecule has 2 aromatic rings. The van der Waals surface area contributed by atoms with E-state index in [4.69, 9.17) is 9.47 Å². The van der Waals surface area contributed by atoms with Crippen molar-refractivity contribution in [3.63, 3.8) is 0 Å². The minimum atomic E-state index is -0.604. The molecule has 1 amide bonds. The maximum atomic E-state index is 13.3. The van der Waals surface area contributed by atoms with E-state index in [1.165, 1.54) is 36.3 Å². The van der Waals surface area contributed by atoms with Gasteiger partial charge in [-0.25, -0.2) is 9.18 Å². The lowest BCUT2D eigenvalue weighted by Crippen LogP contribution is -2.24. The fraction of sp³-hybridized carbons (Fsp3) is 0.182. The number of benzene rings is 2. The number of rotatable bonds is 5. The number of hydrogen-bond donors (Lipinski definition) is 0. The van der Waals surface area contributed by atoms with Gasteiger partial charge in [-0.2, -0.15) is 0 Å². The molecule has 0 aromatic heterocycles. The largest absolute Gasteiger partial charge is 0.494 e. The summed E-state index contributed by atoms with van der Waals surface area (Å²) in [5, 5.41) is 0. The Morgan fingerprint density at radius 2 is 1.75 bits per heavy atom. The van der Waals surface area contributed by atoms with Gasteiger partial charge in [0.15, 0.2) is 0 Å². The van der Waals surface area contributed by atoms with Gasteiger partial charge >= 0.3 is 5.97 Å². The highest BCUT2D eigenvalue weighted by molar-refractivity contribution is 6.23. The molecule has 0 N–H and O–H groups in total. The van der Waals surface area contributed by atoms with Crippen LogP contribution in [0.5, 0.6) is 5.75 Å². The molecule has 6 heteroatoms. The third-order valence-electron chi connectivity index (χ3n) is 4.38. The first-order valence-electron chi connectivity index (χ1n) is 8.80. The predicted octanol–water partition coefficient (Wildman–Crippen LogP) is 4.10. The molecule has 0 bridgehead atoms. The van der Waals surface area contributed by atoms with Crippen LogP contribution in [0.1, 0.15) is 19.4 Å². The van der Waals surface area contributed by atoms with Crippen molar-refractivity contribution in [3.8, 4) is 5.75 Å². The lowest BCUT2D eigenvalue weighted by molar-refractivity contribution is -0.136. The summed E-state index contributed by atoms with van der Waals surface area (Å²) in [5.74, 6) is -0.670. The predicted molar refractivity (Wildman–Crippen MR) is 104 cm³/mol. The van der Waals surface area contributed by atoms with Crippen LogP contribution < -0.4 is 9.64 Å². The van der Waals surface area contributed by atoms with Gasteiger partial charge in [0, 0.05) is 11.4 Å². The molecule has 0 saturated heterocycles. The number of carbonyl (C=O) groups excluding carboxylic acids is 2. The van der Waals surface area contributed by atoms with Crippen LogP contribution in [0.25, 0.3) is 6.08 Å². The number of allylic oxidation sites excluding steroid dienone is 1. The third-order valence-corrected chi connectivity index (χ3v) is 4.38. The summed E-state index contributed by atoms with van der Waals surface area (Å²) in [6.45, 7) is 4.11. The fourth-order valence-corrected chi connectivity index (χ4v) is 3.07. The lowest BCUT2D eigenvalue weighted by Gasteiger charge is -2.17. The van der Waals surface area contributed by atoms with E-state index in [2.05, 4.69) is 0 Å². The summed E-state index contributed by atoms with van der Waals surface area (Å²) < 4.78 is 23.6. The van der Waals surface area contributed by atoms with Gasteiger partial charge in [-0.3, -0.25) is 9.69 Å². The van der Waals surface area contributed by atoms with Crippen LogP contribution in [0.4, 0.5) is 10.1 Å². The number of halogens is 1. The van der Waals surface area contributed by atoms with Crippen molar-refractivity contribution in [1.82, 2.24) is 0 Å². The Kier molecular flexibility index (Phi) is 5.59. The summed E-state index contributed by atoms with van der Waals surface area (Å²) in [5.41, 5.74) is 2.05. The van der Waals surface area contributed by atoms with E-state index in [-0.39, 0.29) is 17.1 Å². The molecular weight excluding hydrogens is 361 g/mol. The summed E-state index contributed by atoms with van der Waals surface area (Å²) >= 11 is 0. The normalized spacial score (nSPS) is 15.4. The van der Waals surface area contributed by atoms with E-state index in [1.54, 1.807) is 37.3 Å². The Bertz CT molecular complexity index is 959. The summed E-state index contributed by atoms with van der Waals surface area (Å²) in [6.07, 6.45) is 1.64. The van der Waals surface area contributed by atoms with Gasteiger partial charge in [0.1, 0.15) is 11.6 Å². The molecule has 1 aliphatic rings. The van der Waals surface area contributed by atoms with Crippen molar-refractivity contribution >= 4 is 23.6 Å². The van der Waals surface area contributed by atoms with Crippen molar-refractivity contribution < 1.29 is 23.5 Å². The van der Waals surface area contributed by atoms with Crippen LogP contribution in [0, 0.1) is 5.82 Å². The number of hydrogen-bond acceptors (Lipinski definition) is 4. The zero-order valence-corrected chi connectivity index (χ0v) is 15.9. The van der Waals surface area contributed by atoms with Gasteiger partial charge in [0.05, 0.1) is 24.9 Å². The average molecular weight is 381 g/mol. The molecule has 0 fully saturated rings. The molecular formula is C22H20FNO4. The Balaban J connectivity index is 2.05. The van der Waals surface area contributed by atoms with Crippen LogP contribution in [-0.4, -0.2) is 25.6 Å². The first kappa shape index (κ1) is 19.4. The van der Waals surface area contributed by atoms with Gasteiger partial charge in [-0.15, -0.1) is 0 Å². The number of nitrogens with zero attached hydrogens (tertiary/aromatic N) is 1. The molecule has 0 saturated carbocycles. The van der Waals surface area contributed by atoms with E-state index in [1.807, 2.05) is 6.92 Å².